The lowest BCUT2D eigenvalue weighted by atomic mass is 10.2. The van der Waals surface area contributed by atoms with Crippen LogP contribution < -0.4 is 15.2 Å². The van der Waals surface area contributed by atoms with Crippen LogP contribution in [0.3, 0.4) is 0 Å². The number of nitrogen functional groups attached to an aromatic ring is 1. The van der Waals surface area contributed by atoms with Gasteiger partial charge in [0.2, 0.25) is 0 Å². The Bertz CT molecular complexity index is 344. The van der Waals surface area contributed by atoms with Crippen molar-refractivity contribution in [1.82, 2.24) is 0 Å². The molecule has 0 aliphatic heterocycles. The fourth-order valence-electron chi connectivity index (χ4n) is 1.19. The first-order valence-corrected chi connectivity index (χ1v) is 5.02. The Balaban J connectivity index is 2.64. The molecule has 0 fully saturated rings. The second-order valence-electron chi connectivity index (χ2n) is 3.07. The zero-order valence-electron chi connectivity index (χ0n) is 9.46. The van der Waals surface area contributed by atoms with Crippen molar-refractivity contribution in [3.63, 3.8) is 0 Å². The van der Waals surface area contributed by atoms with Gasteiger partial charge in [-0.1, -0.05) is 0 Å². The molecule has 0 aromatic heterocycles. The molecule has 0 saturated heterocycles. The SMILES string of the molecule is CCOCCOc1cc(OC)c(N)cc1F. The summed E-state index contributed by atoms with van der Waals surface area (Å²) in [6.07, 6.45) is 0. The lowest BCUT2D eigenvalue weighted by Gasteiger charge is -2.10. The minimum absolute atomic E-state index is 0.116. The lowest BCUT2D eigenvalue weighted by Crippen LogP contribution is -2.07. The van der Waals surface area contributed by atoms with Gasteiger partial charge in [-0.2, -0.15) is 0 Å². The molecule has 4 nitrogen and oxygen atoms in total. The first-order valence-electron chi connectivity index (χ1n) is 5.02. The molecule has 2 N–H and O–H groups in total. The monoisotopic (exact) mass is 229 g/mol. The topological polar surface area (TPSA) is 53.7 Å². The molecular weight excluding hydrogens is 213 g/mol. The van der Waals surface area contributed by atoms with Crippen LogP contribution in [0.4, 0.5) is 10.1 Å². The molecule has 0 aliphatic rings. The zero-order valence-corrected chi connectivity index (χ0v) is 9.46. The van der Waals surface area contributed by atoms with Crippen LogP contribution in [-0.4, -0.2) is 26.9 Å². The Morgan fingerprint density at radius 1 is 1.25 bits per heavy atom. The summed E-state index contributed by atoms with van der Waals surface area (Å²) < 4.78 is 28.6. The summed E-state index contributed by atoms with van der Waals surface area (Å²) in [5.41, 5.74) is 5.78. The van der Waals surface area contributed by atoms with E-state index >= 15 is 0 Å². The predicted octanol–water partition coefficient (Wildman–Crippen LogP) is 1.83. The zero-order chi connectivity index (χ0) is 12.0. The fourth-order valence-corrected chi connectivity index (χ4v) is 1.19. The highest BCUT2D eigenvalue weighted by Gasteiger charge is 2.09. The molecular formula is C11H16FNO3. The summed E-state index contributed by atoms with van der Waals surface area (Å²) in [6.45, 7) is 3.20. The van der Waals surface area contributed by atoms with Gasteiger partial charge in [0, 0.05) is 18.7 Å². The van der Waals surface area contributed by atoms with E-state index in [1.807, 2.05) is 6.92 Å². The summed E-state index contributed by atoms with van der Waals surface area (Å²) in [5, 5.41) is 0. The average Bonchev–Trinajstić information content (AvgIpc) is 2.27. The Kier molecular flexibility index (Phi) is 4.85. The van der Waals surface area contributed by atoms with Crippen molar-refractivity contribution in [3.05, 3.63) is 17.9 Å². The van der Waals surface area contributed by atoms with Gasteiger partial charge in [-0.25, -0.2) is 4.39 Å². The Morgan fingerprint density at radius 3 is 2.62 bits per heavy atom. The van der Waals surface area contributed by atoms with Crippen LogP contribution >= 0.6 is 0 Å². The van der Waals surface area contributed by atoms with Crippen molar-refractivity contribution in [1.29, 1.82) is 0 Å². The third-order valence-corrected chi connectivity index (χ3v) is 1.97. The third kappa shape index (κ3) is 3.27. The molecule has 90 valence electrons. The van der Waals surface area contributed by atoms with E-state index in [1.54, 1.807) is 0 Å². The van der Waals surface area contributed by atoms with E-state index in [4.69, 9.17) is 19.9 Å². The molecule has 1 aromatic rings. The van der Waals surface area contributed by atoms with Crippen LogP contribution in [0.25, 0.3) is 0 Å². The first kappa shape index (κ1) is 12.6. The molecule has 0 amide bonds. The summed E-state index contributed by atoms with van der Waals surface area (Å²) in [5.74, 6) is 0.00774. The fraction of sp³-hybridized carbons (Fsp3) is 0.455. The van der Waals surface area contributed by atoms with Gasteiger partial charge in [0.25, 0.3) is 0 Å². The van der Waals surface area contributed by atoms with E-state index in [1.165, 1.54) is 19.2 Å². The van der Waals surface area contributed by atoms with E-state index in [-0.39, 0.29) is 18.0 Å². The maximum atomic E-state index is 13.4. The van der Waals surface area contributed by atoms with Crippen molar-refractivity contribution in [2.75, 3.05) is 32.7 Å². The van der Waals surface area contributed by atoms with Gasteiger partial charge in [0.1, 0.15) is 12.4 Å². The number of benzene rings is 1. The van der Waals surface area contributed by atoms with Gasteiger partial charge in [-0.05, 0) is 6.92 Å². The van der Waals surface area contributed by atoms with Gasteiger partial charge >= 0.3 is 0 Å². The third-order valence-electron chi connectivity index (χ3n) is 1.97. The number of hydrogen-bond donors (Lipinski definition) is 1. The van der Waals surface area contributed by atoms with E-state index in [0.717, 1.165) is 0 Å². The molecule has 0 unspecified atom stereocenters. The standard InChI is InChI=1S/C11H16FNO3/c1-3-15-4-5-16-10-7-11(14-2)9(13)6-8(10)12/h6-7H,3-5,13H2,1-2H3. The molecule has 0 radical (unpaired) electrons. The van der Waals surface area contributed by atoms with Crippen molar-refractivity contribution in [2.24, 2.45) is 0 Å². The molecule has 0 heterocycles. The first-order chi connectivity index (χ1) is 7.69. The minimum atomic E-state index is -0.505. The van der Waals surface area contributed by atoms with E-state index in [9.17, 15) is 4.39 Å². The average molecular weight is 229 g/mol. The number of nitrogens with two attached hydrogens (primary N) is 1. The number of anilines is 1. The number of hydrogen-bond acceptors (Lipinski definition) is 4. The normalized spacial score (nSPS) is 10.2. The molecule has 1 aromatic carbocycles. The Labute approximate surface area is 94.1 Å². The number of halogens is 1. The molecule has 0 atom stereocenters. The van der Waals surface area contributed by atoms with Gasteiger partial charge < -0.3 is 19.9 Å². The molecule has 16 heavy (non-hydrogen) atoms. The van der Waals surface area contributed by atoms with E-state index in [0.29, 0.717) is 19.0 Å². The van der Waals surface area contributed by atoms with Crippen LogP contribution in [0, 0.1) is 5.82 Å². The maximum Gasteiger partial charge on any atom is 0.167 e. The summed E-state index contributed by atoms with van der Waals surface area (Å²) in [7, 11) is 1.47. The minimum Gasteiger partial charge on any atom is -0.494 e. The summed E-state index contributed by atoms with van der Waals surface area (Å²) in [6, 6.07) is 2.60. The lowest BCUT2D eigenvalue weighted by molar-refractivity contribution is 0.108. The molecule has 0 aliphatic carbocycles. The Morgan fingerprint density at radius 2 is 2.00 bits per heavy atom. The van der Waals surface area contributed by atoms with Crippen LogP contribution in [0.2, 0.25) is 0 Å². The quantitative estimate of drug-likeness (QED) is 0.597. The molecule has 5 heteroatoms. The molecule has 1 rings (SSSR count). The van der Waals surface area contributed by atoms with Gasteiger partial charge in [-0.15, -0.1) is 0 Å². The highest BCUT2D eigenvalue weighted by molar-refractivity contribution is 5.56. The largest absolute Gasteiger partial charge is 0.494 e. The number of methoxy groups -OCH3 is 1. The van der Waals surface area contributed by atoms with Crippen molar-refractivity contribution in [3.8, 4) is 11.5 Å². The van der Waals surface area contributed by atoms with E-state index < -0.39 is 5.82 Å². The number of ether oxygens (including phenoxy) is 3. The second kappa shape index (κ2) is 6.17. The summed E-state index contributed by atoms with van der Waals surface area (Å²) >= 11 is 0. The van der Waals surface area contributed by atoms with Crippen molar-refractivity contribution < 1.29 is 18.6 Å². The van der Waals surface area contributed by atoms with Gasteiger partial charge in [0.15, 0.2) is 11.6 Å². The van der Waals surface area contributed by atoms with E-state index in [2.05, 4.69) is 0 Å². The molecule has 0 spiro atoms. The van der Waals surface area contributed by atoms with Gasteiger partial charge in [-0.3, -0.25) is 0 Å². The second-order valence-corrected chi connectivity index (χ2v) is 3.07. The molecule has 0 saturated carbocycles. The molecule has 0 bridgehead atoms. The predicted molar refractivity (Wildman–Crippen MR) is 59.4 cm³/mol. The van der Waals surface area contributed by atoms with Gasteiger partial charge in [0.05, 0.1) is 19.4 Å². The van der Waals surface area contributed by atoms with Crippen LogP contribution in [-0.2, 0) is 4.74 Å². The number of rotatable bonds is 6. The Hall–Kier alpha value is -1.49. The van der Waals surface area contributed by atoms with Crippen LogP contribution in [0.1, 0.15) is 6.92 Å². The highest BCUT2D eigenvalue weighted by atomic mass is 19.1. The van der Waals surface area contributed by atoms with Crippen molar-refractivity contribution >= 4 is 5.69 Å². The summed E-state index contributed by atoms with van der Waals surface area (Å²) in [4.78, 5) is 0. The highest BCUT2D eigenvalue weighted by Crippen LogP contribution is 2.29. The van der Waals surface area contributed by atoms with Crippen LogP contribution in [0.5, 0.6) is 11.5 Å². The smallest absolute Gasteiger partial charge is 0.167 e. The van der Waals surface area contributed by atoms with Crippen molar-refractivity contribution in [2.45, 2.75) is 6.92 Å². The van der Waals surface area contributed by atoms with Crippen LogP contribution in [0.15, 0.2) is 12.1 Å². The maximum absolute atomic E-state index is 13.4.